The lowest BCUT2D eigenvalue weighted by molar-refractivity contribution is -0.138. The quantitative estimate of drug-likeness (QED) is 0.274. The van der Waals surface area contributed by atoms with Crippen LogP contribution in [0.5, 0.6) is 0 Å². The number of sulfonamides is 1. The van der Waals surface area contributed by atoms with Gasteiger partial charge in [0.2, 0.25) is 16.0 Å². The third kappa shape index (κ3) is 8.20. The fourth-order valence-electron chi connectivity index (χ4n) is 4.73. The summed E-state index contributed by atoms with van der Waals surface area (Å²) in [5.74, 6) is -2.60. The van der Waals surface area contributed by atoms with Crippen LogP contribution in [0.2, 0.25) is 0 Å². The molecule has 0 saturated carbocycles. The number of primary sulfonamides is 1. The van der Waals surface area contributed by atoms with Crippen molar-refractivity contribution >= 4 is 33.9 Å². The number of likely N-dealkylation sites (tertiary alicyclic amines) is 1. The van der Waals surface area contributed by atoms with Crippen molar-refractivity contribution in [2.24, 2.45) is 15.9 Å². The fourth-order valence-corrected chi connectivity index (χ4v) is 5.24. The first-order valence-electron chi connectivity index (χ1n) is 13.2. The Kier molecular flexibility index (Phi) is 9.69. The van der Waals surface area contributed by atoms with E-state index in [0.29, 0.717) is 11.6 Å². The predicted molar refractivity (Wildman–Crippen MR) is 153 cm³/mol. The summed E-state index contributed by atoms with van der Waals surface area (Å²) in [6.45, 7) is 0.225. The van der Waals surface area contributed by atoms with E-state index in [9.17, 15) is 36.0 Å². The van der Waals surface area contributed by atoms with Crippen LogP contribution in [0, 0.1) is 0 Å². The monoisotopic (exact) mass is 631 g/mol. The van der Waals surface area contributed by atoms with Gasteiger partial charge in [-0.25, -0.2) is 18.4 Å². The zero-order chi connectivity index (χ0) is 32.1. The van der Waals surface area contributed by atoms with Crippen LogP contribution in [-0.2, 0) is 27.5 Å². The maximum atomic E-state index is 14.1. The Morgan fingerprint density at radius 3 is 2.16 bits per heavy atom. The third-order valence-corrected chi connectivity index (χ3v) is 7.86. The second kappa shape index (κ2) is 13.3. The van der Waals surface area contributed by atoms with Crippen LogP contribution >= 0.6 is 0 Å². The van der Waals surface area contributed by atoms with Crippen LogP contribution < -0.4 is 16.2 Å². The molecular formula is C29H28F3N5O6S. The number of guanidine groups is 1. The maximum absolute atomic E-state index is 14.1. The number of nitrogens with one attached hydrogen (secondary N) is 1. The van der Waals surface area contributed by atoms with Crippen molar-refractivity contribution in [1.82, 2.24) is 10.2 Å². The minimum absolute atomic E-state index is 0.0233. The Hall–Kier alpha value is -4.76. The number of piperidine rings is 1. The van der Waals surface area contributed by atoms with Crippen molar-refractivity contribution < 1.29 is 40.7 Å². The van der Waals surface area contributed by atoms with Gasteiger partial charge in [0.05, 0.1) is 10.5 Å². The minimum atomic E-state index is -4.79. The Balaban J connectivity index is 1.40. The van der Waals surface area contributed by atoms with E-state index in [0.717, 1.165) is 0 Å². The Morgan fingerprint density at radius 1 is 0.955 bits per heavy atom. The highest BCUT2D eigenvalue weighted by molar-refractivity contribution is 7.89. The molecule has 5 N–H and O–H groups in total. The summed E-state index contributed by atoms with van der Waals surface area (Å²) >= 11 is 0. The van der Waals surface area contributed by atoms with Gasteiger partial charge in [0.25, 0.3) is 11.8 Å². The van der Waals surface area contributed by atoms with E-state index in [2.05, 4.69) is 10.3 Å². The molecule has 1 heterocycles. The first kappa shape index (κ1) is 32.2. The van der Waals surface area contributed by atoms with Crippen LogP contribution in [0.4, 0.5) is 18.0 Å². The summed E-state index contributed by atoms with van der Waals surface area (Å²) in [5, 5.41) is 7.16. The smallest absolute Gasteiger partial charge is 0.437 e. The molecule has 1 aliphatic heterocycles. The molecule has 3 aromatic rings. The van der Waals surface area contributed by atoms with Crippen LogP contribution in [0.15, 0.2) is 82.7 Å². The molecule has 0 radical (unpaired) electrons. The molecule has 3 amide bonds. The van der Waals surface area contributed by atoms with Gasteiger partial charge in [-0.1, -0.05) is 36.4 Å². The number of amides is 3. The number of nitrogens with zero attached hydrogens (tertiary/aromatic N) is 2. The number of ether oxygens (including phenoxy) is 1. The summed E-state index contributed by atoms with van der Waals surface area (Å²) in [6, 6.07) is 16.9. The van der Waals surface area contributed by atoms with Gasteiger partial charge in [0, 0.05) is 24.2 Å². The van der Waals surface area contributed by atoms with Crippen LogP contribution in [0.1, 0.15) is 56.2 Å². The van der Waals surface area contributed by atoms with E-state index in [1.54, 1.807) is 30.3 Å². The predicted octanol–water partition coefficient (Wildman–Crippen LogP) is 3.75. The molecule has 1 aliphatic rings. The molecule has 232 valence electrons. The van der Waals surface area contributed by atoms with Crippen molar-refractivity contribution in [3.63, 3.8) is 0 Å². The Bertz CT molecular complexity index is 1670. The zero-order valence-electron chi connectivity index (χ0n) is 23.1. The van der Waals surface area contributed by atoms with E-state index in [-0.39, 0.29) is 54.1 Å². The molecule has 44 heavy (non-hydrogen) atoms. The molecule has 3 aromatic carbocycles. The summed E-state index contributed by atoms with van der Waals surface area (Å²) in [6.07, 6.45) is -5.44. The highest BCUT2D eigenvalue weighted by Gasteiger charge is 2.37. The molecule has 0 aromatic heterocycles. The molecule has 0 spiro atoms. The van der Waals surface area contributed by atoms with Crippen molar-refractivity contribution in [1.29, 1.82) is 0 Å². The number of carbonyl (C=O) groups is 3. The van der Waals surface area contributed by atoms with Gasteiger partial charge in [-0.3, -0.25) is 14.9 Å². The standard InChI is InChI=1S/C29H28F3N5O6S/c30-29(31,32)24-16-21(25(38)35-27(33)36-28(40)43-17-18-4-2-1-3-5-18)8-11-23(24)19-12-14-37(15-13-19)26(39)20-6-9-22(10-7-20)44(34,41)42/h1-11,16,19H,12-15,17H2,(H2,34,41,42)(H3,33,35,36,38,40). The normalized spacial score (nSPS) is 14.6. The number of rotatable bonds is 6. The lowest BCUT2D eigenvalue weighted by Gasteiger charge is -2.33. The highest BCUT2D eigenvalue weighted by atomic mass is 32.2. The van der Waals surface area contributed by atoms with E-state index < -0.39 is 51.5 Å². The van der Waals surface area contributed by atoms with E-state index in [4.69, 9.17) is 15.6 Å². The summed E-state index contributed by atoms with van der Waals surface area (Å²) < 4.78 is 70.1. The Morgan fingerprint density at radius 2 is 1.57 bits per heavy atom. The van der Waals surface area contributed by atoms with Gasteiger partial charge in [-0.05, 0) is 66.3 Å². The number of carbonyl (C=O) groups excluding carboxylic acids is 3. The number of halogens is 3. The lowest BCUT2D eigenvalue weighted by atomic mass is 9.85. The number of hydrogen-bond acceptors (Lipinski definition) is 6. The van der Waals surface area contributed by atoms with Gasteiger partial charge in [-0.15, -0.1) is 4.99 Å². The van der Waals surface area contributed by atoms with Crippen molar-refractivity contribution in [3.8, 4) is 0 Å². The van der Waals surface area contributed by atoms with Crippen molar-refractivity contribution in [2.75, 3.05) is 13.1 Å². The van der Waals surface area contributed by atoms with Gasteiger partial charge in [-0.2, -0.15) is 13.2 Å². The number of nitrogens with two attached hydrogens (primary N) is 2. The van der Waals surface area contributed by atoms with Crippen molar-refractivity contribution in [2.45, 2.75) is 36.4 Å². The molecule has 4 rings (SSSR count). The molecule has 15 heteroatoms. The van der Waals surface area contributed by atoms with Gasteiger partial charge >= 0.3 is 12.3 Å². The van der Waals surface area contributed by atoms with Gasteiger partial charge in [0.1, 0.15) is 6.61 Å². The van der Waals surface area contributed by atoms with E-state index in [1.807, 2.05) is 0 Å². The van der Waals surface area contributed by atoms with Crippen molar-refractivity contribution in [3.05, 3.63) is 101 Å². The fraction of sp³-hybridized carbons (Fsp3) is 0.241. The molecule has 0 atom stereocenters. The van der Waals surface area contributed by atoms with Crippen LogP contribution in [0.25, 0.3) is 0 Å². The maximum Gasteiger partial charge on any atom is 0.437 e. The molecule has 1 fully saturated rings. The molecular weight excluding hydrogens is 603 g/mol. The second-order valence-corrected chi connectivity index (χ2v) is 11.5. The lowest BCUT2D eigenvalue weighted by Crippen LogP contribution is -2.38. The summed E-state index contributed by atoms with van der Waals surface area (Å²) in [7, 11) is -3.93. The number of alkyl halides is 3. The highest BCUT2D eigenvalue weighted by Crippen LogP contribution is 2.39. The topological polar surface area (TPSA) is 174 Å². The molecule has 0 bridgehead atoms. The average Bonchev–Trinajstić information content (AvgIpc) is 2.99. The Labute approximate surface area is 250 Å². The first-order valence-corrected chi connectivity index (χ1v) is 14.8. The molecule has 11 nitrogen and oxygen atoms in total. The largest absolute Gasteiger partial charge is 0.443 e. The van der Waals surface area contributed by atoms with Crippen LogP contribution in [-0.4, -0.2) is 50.3 Å². The van der Waals surface area contributed by atoms with E-state index in [1.165, 1.54) is 41.3 Å². The SMILES string of the molecule is N/C(=N/C(=O)OCc1ccccc1)NC(=O)c1ccc(C2CCN(C(=O)c3ccc(S(N)(=O)=O)cc3)CC2)c(C(F)(F)F)c1. The number of benzene rings is 3. The zero-order valence-corrected chi connectivity index (χ0v) is 23.9. The third-order valence-electron chi connectivity index (χ3n) is 6.93. The number of hydrogen-bond donors (Lipinski definition) is 3. The first-order chi connectivity index (χ1) is 20.7. The number of aliphatic imine (C=N–C) groups is 1. The molecule has 0 aliphatic carbocycles. The van der Waals surface area contributed by atoms with Crippen LogP contribution in [0.3, 0.4) is 0 Å². The summed E-state index contributed by atoms with van der Waals surface area (Å²) in [5.41, 5.74) is 5.11. The second-order valence-electron chi connectivity index (χ2n) is 9.93. The average molecular weight is 632 g/mol. The minimum Gasteiger partial charge on any atom is -0.443 e. The summed E-state index contributed by atoms with van der Waals surface area (Å²) in [4.78, 5) is 42.1. The van der Waals surface area contributed by atoms with E-state index >= 15 is 0 Å². The van der Waals surface area contributed by atoms with Gasteiger partial charge < -0.3 is 15.4 Å². The molecule has 1 saturated heterocycles. The van der Waals surface area contributed by atoms with Gasteiger partial charge in [0.15, 0.2) is 0 Å². The molecule has 0 unspecified atom stereocenters.